The van der Waals surface area contributed by atoms with E-state index in [0.29, 0.717) is 0 Å². The van der Waals surface area contributed by atoms with Crippen molar-refractivity contribution in [2.75, 3.05) is 0 Å². The normalized spacial score (nSPS) is 12.0. The third-order valence-electron chi connectivity index (χ3n) is 9.26. The summed E-state index contributed by atoms with van der Waals surface area (Å²) in [6.45, 7) is 0. The van der Waals surface area contributed by atoms with Crippen LogP contribution in [-0.4, -0.2) is 50.5 Å². The third-order valence-corrected chi connectivity index (χ3v) is 16.7. The summed E-state index contributed by atoms with van der Waals surface area (Å²) in [7, 11) is -26.9. The lowest BCUT2D eigenvalue weighted by atomic mass is 10.3. The largest absolute Gasteiger partial charge is 0.375 e. The van der Waals surface area contributed by atoms with E-state index in [-0.39, 0.29) is 29.4 Å². The minimum absolute atomic E-state index is 0.218. The summed E-state index contributed by atoms with van der Waals surface area (Å²) in [5, 5.41) is 0. The predicted octanol–water partition coefficient (Wildman–Crippen LogP) is 7.98. The van der Waals surface area contributed by atoms with Gasteiger partial charge in [0.2, 0.25) is 11.5 Å². The molecule has 0 heterocycles. The minimum Gasteiger partial charge on any atom is -0.375 e. The molecule has 0 fully saturated rings. The van der Waals surface area contributed by atoms with E-state index in [9.17, 15) is 50.5 Å². The highest BCUT2D eigenvalue weighted by Gasteiger charge is 2.31. The minimum atomic E-state index is -4.55. The molecule has 0 saturated carbocycles. The van der Waals surface area contributed by atoms with Gasteiger partial charge >= 0.3 is 60.7 Å². The summed E-state index contributed by atoms with van der Waals surface area (Å²) in [6, 6.07) is 49.3. The van der Waals surface area contributed by atoms with Gasteiger partial charge in [-0.3, -0.25) is 0 Å². The molecule has 0 aliphatic rings. The Morgan fingerprint density at radius 1 is 0.181 bits per heavy atom. The van der Waals surface area contributed by atoms with E-state index >= 15 is 0 Å². The molecule has 0 N–H and O–H groups in total. The van der Waals surface area contributed by atoms with Crippen LogP contribution in [-0.2, 0) is 60.7 Å². The Bertz CT molecular complexity index is 3420. The molecule has 0 saturated heterocycles. The van der Waals surface area contributed by atoms with Gasteiger partial charge < -0.3 is 25.1 Å². The molecule has 0 atom stereocenters. The molecule has 0 unspecified atom stereocenters. The number of hydrogen-bond acceptors (Lipinski definition) is 18. The lowest BCUT2D eigenvalue weighted by Crippen LogP contribution is -2.16. The van der Waals surface area contributed by atoms with Gasteiger partial charge in [-0.2, -0.15) is 50.5 Å². The van der Waals surface area contributed by atoms with E-state index in [4.69, 9.17) is 25.1 Å². The zero-order chi connectivity index (χ0) is 51.6. The van der Waals surface area contributed by atoms with Crippen LogP contribution in [0.2, 0.25) is 0 Å². The molecule has 8 aromatic carbocycles. The fourth-order valence-electron chi connectivity index (χ4n) is 5.92. The molecule has 8 aromatic rings. The van der Waals surface area contributed by atoms with Crippen molar-refractivity contribution in [3.63, 3.8) is 0 Å². The third kappa shape index (κ3) is 13.0. The molecule has 0 aromatic heterocycles. The highest BCUT2D eigenvalue weighted by molar-refractivity contribution is 7.88. The first-order valence-electron chi connectivity index (χ1n) is 20.4. The fourth-order valence-corrected chi connectivity index (χ4v) is 11.7. The van der Waals surface area contributed by atoms with E-state index in [1.165, 1.54) is 158 Å². The smallest absolute Gasteiger partial charge is 0.339 e. The second-order valence-corrected chi connectivity index (χ2v) is 23.5. The first kappa shape index (κ1) is 52.1. The lowest BCUT2D eigenvalue weighted by Gasteiger charge is -2.16. The van der Waals surface area contributed by atoms with Crippen LogP contribution in [0.4, 0.5) is 0 Å². The molecular weight excluding hydrogens is 1060 g/mol. The second kappa shape index (κ2) is 21.7. The summed E-state index contributed by atoms with van der Waals surface area (Å²) < 4.78 is 185. The van der Waals surface area contributed by atoms with Crippen molar-refractivity contribution in [3.8, 4) is 34.5 Å². The predicted molar refractivity (Wildman–Crippen MR) is 258 cm³/mol. The SMILES string of the molecule is O=S(=O)(Oc1cccc(OS(=O)(=O)c2ccccc2)c1OS(=O)(=O)c1ccccc1)c1ccccc1.O=S(=O)(Oc1cccc(OS(=O)(=O)c2ccccc2)c1OS(=O)(=O)c1ccccc1)c1ccccc1. The zero-order valence-electron chi connectivity index (χ0n) is 36.6. The van der Waals surface area contributed by atoms with Gasteiger partial charge in [0.15, 0.2) is 23.0 Å². The molecular formula is C48H36O18S6. The van der Waals surface area contributed by atoms with Gasteiger partial charge in [0, 0.05) is 0 Å². The second-order valence-electron chi connectivity index (χ2n) is 14.3. The first-order chi connectivity index (χ1) is 34.2. The Morgan fingerprint density at radius 3 is 0.500 bits per heavy atom. The summed E-state index contributed by atoms with van der Waals surface area (Å²) >= 11 is 0. The molecule has 372 valence electrons. The van der Waals surface area contributed by atoms with Gasteiger partial charge in [-0.1, -0.05) is 121 Å². The Balaban J connectivity index is 0.000000211. The molecule has 24 heteroatoms. The molecule has 0 radical (unpaired) electrons. The van der Waals surface area contributed by atoms with Crippen LogP contribution in [0.15, 0.2) is 248 Å². The maximum atomic E-state index is 12.9. The molecule has 0 amide bonds. The van der Waals surface area contributed by atoms with Crippen LogP contribution >= 0.6 is 0 Å². The van der Waals surface area contributed by atoms with Gasteiger partial charge in [0.05, 0.1) is 0 Å². The van der Waals surface area contributed by atoms with Crippen molar-refractivity contribution in [1.82, 2.24) is 0 Å². The molecule has 0 aliphatic carbocycles. The van der Waals surface area contributed by atoms with Crippen molar-refractivity contribution in [2.24, 2.45) is 0 Å². The molecule has 18 nitrogen and oxygen atoms in total. The first-order valence-corrected chi connectivity index (χ1v) is 28.9. The van der Waals surface area contributed by atoms with Crippen LogP contribution in [0, 0.1) is 0 Å². The topological polar surface area (TPSA) is 260 Å². The van der Waals surface area contributed by atoms with Crippen LogP contribution < -0.4 is 25.1 Å². The van der Waals surface area contributed by atoms with E-state index in [1.807, 2.05) is 0 Å². The Kier molecular flexibility index (Phi) is 15.7. The van der Waals surface area contributed by atoms with Crippen molar-refractivity contribution in [2.45, 2.75) is 29.4 Å². The highest BCUT2D eigenvalue weighted by Crippen LogP contribution is 2.43. The Labute approximate surface area is 416 Å². The van der Waals surface area contributed by atoms with E-state index in [0.717, 1.165) is 24.3 Å². The van der Waals surface area contributed by atoms with E-state index < -0.39 is 95.2 Å². The van der Waals surface area contributed by atoms with Crippen molar-refractivity contribution < 1.29 is 75.6 Å². The molecule has 8 rings (SSSR count). The standard InChI is InChI=1S/2C24H18O9S3/c2*25-34(26,19-11-4-1-5-12-19)31-22-17-10-18-23(32-35(27,28)20-13-6-2-7-14-20)24(22)33-36(29,30)21-15-8-3-9-16-21/h2*1-18H. The average Bonchev–Trinajstić information content (AvgIpc) is 3.37. The lowest BCUT2D eigenvalue weighted by molar-refractivity contribution is 0.427. The van der Waals surface area contributed by atoms with Crippen LogP contribution in [0.25, 0.3) is 0 Å². The van der Waals surface area contributed by atoms with Crippen molar-refractivity contribution in [1.29, 1.82) is 0 Å². The Hall–Kier alpha value is -7.74. The number of para-hydroxylation sites is 2. The van der Waals surface area contributed by atoms with Crippen molar-refractivity contribution >= 4 is 60.7 Å². The van der Waals surface area contributed by atoms with Crippen LogP contribution in [0.1, 0.15) is 0 Å². The van der Waals surface area contributed by atoms with Gasteiger partial charge in [-0.05, 0) is 97.1 Å². The van der Waals surface area contributed by atoms with E-state index in [2.05, 4.69) is 0 Å². The van der Waals surface area contributed by atoms with Gasteiger partial charge in [-0.25, -0.2) is 0 Å². The molecule has 72 heavy (non-hydrogen) atoms. The van der Waals surface area contributed by atoms with Crippen LogP contribution in [0.3, 0.4) is 0 Å². The maximum Gasteiger partial charge on any atom is 0.339 e. The monoisotopic (exact) mass is 1090 g/mol. The zero-order valence-corrected chi connectivity index (χ0v) is 41.5. The quantitative estimate of drug-likeness (QED) is 0.0737. The summed E-state index contributed by atoms with van der Waals surface area (Å²) in [5.41, 5.74) is 0. The highest BCUT2D eigenvalue weighted by atomic mass is 32.2. The molecule has 0 aliphatic heterocycles. The van der Waals surface area contributed by atoms with Gasteiger partial charge in [-0.15, -0.1) is 0 Å². The van der Waals surface area contributed by atoms with Gasteiger partial charge in [0.25, 0.3) is 0 Å². The fraction of sp³-hybridized carbons (Fsp3) is 0. The summed E-state index contributed by atoms with van der Waals surface area (Å²) in [6.07, 6.45) is 0. The van der Waals surface area contributed by atoms with Gasteiger partial charge in [0.1, 0.15) is 29.4 Å². The maximum absolute atomic E-state index is 12.9. The number of benzene rings is 8. The molecule has 0 bridgehead atoms. The summed E-state index contributed by atoms with van der Waals surface area (Å²) in [5.74, 6) is -3.92. The summed E-state index contributed by atoms with van der Waals surface area (Å²) in [4.78, 5) is -1.39. The number of rotatable bonds is 18. The van der Waals surface area contributed by atoms with Crippen LogP contribution in [0.5, 0.6) is 34.5 Å². The number of hydrogen-bond donors (Lipinski definition) is 0. The van der Waals surface area contributed by atoms with E-state index in [1.54, 1.807) is 36.4 Å². The molecule has 0 spiro atoms. The average molecular weight is 1090 g/mol. The Morgan fingerprint density at radius 2 is 0.333 bits per heavy atom. The van der Waals surface area contributed by atoms with Crippen molar-refractivity contribution in [3.05, 3.63) is 218 Å².